The van der Waals surface area contributed by atoms with Crippen molar-refractivity contribution in [2.45, 2.75) is 45.1 Å². The Morgan fingerprint density at radius 1 is 1.38 bits per heavy atom. The first-order valence-corrected chi connectivity index (χ1v) is 7.81. The van der Waals surface area contributed by atoms with E-state index in [9.17, 15) is 18.5 Å². The van der Waals surface area contributed by atoms with E-state index >= 15 is 0 Å². The fraction of sp³-hybridized carbons (Fsp3) is 0.462. The van der Waals surface area contributed by atoms with Gasteiger partial charge in [-0.05, 0) is 38.8 Å². The van der Waals surface area contributed by atoms with E-state index in [4.69, 9.17) is 5.26 Å². The third-order valence-electron chi connectivity index (χ3n) is 3.17. The lowest BCUT2D eigenvalue weighted by molar-refractivity contribution is -0.386. The molecule has 0 aliphatic carbocycles. The molecular weight excluding hydrogens is 294 g/mol. The van der Waals surface area contributed by atoms with Gasteiger partial charge in [0.15, 0.2) is 0 Å². The fourth-order valence-corrected chi connectivity index (χ4v) is 3.99. The van der Waals surface area contributed by atoms with E-state index in [2.05, 4.69) is 4.72 Å². The number of nitro benzene ring substituents is 1. The zero-order chi connectivity index (χ0) is 16.4. The first-order valence-electron chi connectivity index (χ1n) is 6.32. The number of nitriles is 1. The molecule has 114 valence electrons. The van der Waals surface area contributed by atoms with Crippen molar-refractivity contribution < 1.29 is 13.3 Å². The number of hydrogen-bond acceptors (Lipinski definition) is 5. The van der Waals surface area contributed by atoms with Crippen molar-refractivity contribution >= 4 is 15.7 Å². The van der Waals surface area contributed by atoms with Gasteiger partial charge >= 0.3 is 0 Å². The second-order valence-corrected chi connectivity index (χ2v) is 6.43. The Balaban J connectivity index is 3.54. The summed E-state index contributed by atoms with van der Waals surface area (Å²) in [6.45, 7) is 6.21. The molecule has 0 aliphatic heterocycles. The van der Waals surface area contributed by atoms with Gasteiger partial charge in [0.1, 0.15) is 6.04 Å². The summed E-state index contributed by atoms with van der Waals surface area (Å²) in [4.78, 5) is 10.4. The number of sulfonamides is 1. The van der Waals surface area contributed by atoms with Crippen molar-refractivity contribution in [3.05, 3.63) is 32.9 Å². The highest BCUT2D eigenvalue weighted by Crippen LogP contribution is 2.31. The van der Waals surface area contributed by atoms with Gasteiger partial charge in [-0.2, -0.15) is 9.98 Å². The molecule has 0 aromatic heterocycles. The van der Waals surface area contributed by atoms with Crippen LogP contribution in [0.25, 0.3) is 0 Å². The van der Waals surface area contributed by atoms with E-state index < -0.39 is 21.0 Å². The Bertz CT molecular complexity index is 720. The van der Waals surface area contributed by atoms with Crippen molar-refractivity contribution in [2.75, 3.05) is 0 Å². The highest BCUT2D eigenvalue weighted by molar-refractivity contribution is 7.89. The van der Waals surface area contributed by atoms with E-state index in [0.29, 0.717) is 17.5 Å². The van der Waals surface area contributed by atoms with Gasteiger partial charge in [-0.3, -0.25) is 10.1 Å². The van der Waals surface area contributed by atoms with Crippen molar-refractivity contribution in [1.82, 2.24) is 4.72 Å². The molecule has 0 heterocycles. The lowest BCUT2D eigenvalue weighted by atomic mass is 10.1. The number of rotatable bonds is 5. The highest BCUT2D eigenvalue weighted by atomic mass is 32.2. The van der Waals surface area contributed by atoms with E-state index in [1.807, 2.05) is 6.07 Å². The largest absolute Gasteiger partial charge is 0.276 e. The van der Waals surface area contributed by atoms with Crippen molar-refractivity contribution in [3.8, 4) is 6.07 Å². The molecule has 1 N–H and O–H groups in total. The Labute approximate surface area is 123 Å². The van der Waals surface area contributed by atoms with E-state index in [-0.39, 0.29) is 16.1 Å². The summed E-state index contributed by atoms with van der Waals surface area (Å²) in [6.07, 6.45) is 0.307. The molecule has 1 rings (SSSR count). The van der Waals surface area contributed by atoms with Crippen LogP contribution in [0.2, 0.25) is 0 Å². The summed E-state index contributed by atoms with van der Waals surface area (Å²) in [5.74, 6) is 0. The molecule has 21 heavy (non-hydrogen) atoms. The monoisotopic (exact) mass is 311 g/mol. The summed E-state index contributed by atoms with van der Waals surface area (Å²) in [5, 5.41) is 20.0. The normalized spacial score (nSPS) is 12.7. The zero-order valence-electron chi connectivity index (χ0n) is 12.3. The van der Waals surface area contributed by atoms with Crippen LogP contribution >= 0.6 is 0 Å². The van der Waals surface area contributed by atoms with Gasteiger partial charge in [0.2, 0.25) is 10.0 Å². The van der Waals surface area contributed by atoms with Gasteiger partial charge in [-0.25, -0.2) is 8.42 Å². The summed E-state index contributed by atoms with van der Waals surface area (Å²) in [7, 11) is -3.99. The minimum absolute atomic E-state index is 0.0813. The number of benzene rings is 1. The third kappa shape index (κ3) is 3.37. The summed E-state index contributed by atoms with van der Waals surface area (Å²) >= 11 is 0. The van der Waals surface area contributed by atoms with Crippen LogP contribution in [0.5, 0.6) is 0 Å². The van der Waals surface area contributed by atoms with Gasteiger partial charge < -0.3 is 0 Å². The highest BCUT2D eigenvalue weighted by Gasteiger charge is 2.29. The molecule has 1 aromatic carbocycles. The molecule has 0 amide bonds. The number of hydrogen-bond donors (Lipinski definition) is 1. The molecule has 0 spiro atoms. The first-order chi connectivity index (χ1) is 9.65. The van der Waals surface area contributed by atoms with E-state index in [0.717, 1.165) is 0 Å². The van der Waals surface area contributed by atoms with Crippen molar-refractivity contribution in [3.63, 3.8) is 0 Å². The summed E-state index contributed by atoms with van der Waals surface area (Å²) < 4.78 is 27.1. The molecule has 0 aliphatic rings. The minimum Gasteiger partial charge on any atom is -0.258 e. The molecule has 7 nitrogen and oxygen atoms in total. The molecule has 0 fully saturated rings. The van der Waals surface area contributed by atoms with Crippen molar-refractivity contribution in [2.24, 2.45) is 0 Å². The minimum atomic E-state index is -3.99. The molecule has 0 radical (unpaired) electrons. The second kappa shape index (κ2) is 6.20. The lowest BCUT2D eigenvalue weighted by Gasteiger charge is -2.15. The number of nitro groups is 1. The zero-order valence-corrected chi connectivity index (χ0v) is 13.1. The molecule has 1 atom stereocenters. The van der Waals surface area contributed by atoms with Crippen LogP contribution in [0.15, 0.2) is 11.0 Å². The maximum absolute atomic E-state index is 12.4. The number of nitrogens with zero attached hydrogens (tertiary/aromatic N) is 2. The van der Waals surface area contributed by atoms with Crippen molar-refractivity contribution in [1.29, 1.82) is 5.26 Å². The van der Waals surface area contributed by atoms with E-state index in [1.54, 1.807) is 20.8 Å². The second-order valence-electron chi connectivity index (χ2n) is 4.78. The van der Waals surface area contributed by atoms with Gasteiger partial charge in [-0.1, -0.05) is 6.92 Å². The van der Waals surface area contributed by atoms with E-state index in [1.165, 1.54) is 13.0 Å². The van der Waals surface area contributed by atoms with Crippen LogP contribution in [0, 0.1) is 42.2 Å². The van der Waals surface area contributed by atoms with Gasteiger partial charge in [-0.15, -0.1) is 0 Å². The Hall–Kier alpha value is -1.98. The molecule has 0 bridgehead atoms. The van der Waals surface area contributed by atoms with Gasteiger partial charge in [0.05, 0.1) is 15.9 Å². The van der Waals surface area contributed by atoms with Crippen LogP contribution in [0.3, 0.4) is 0 Å². The number of aryl methyl sites for hydroxylation is 2. The van der Waals surface area contributed by atoms with Crippen LogP contribution in [0.1, 0.15) is 30.0 Å². The standard InChI is InChI=1S/C13H17N3O4S/c1-5-11(7-14)15-21(19,20)13-9(3)6-8(2)12(10(13)4)16(17)18/h6,11,15H,5H2,1-4H3. The van der Waals surface area contributed by atoms with Crippen LogP contribution in [0.4, 0.5) is 5.69 Å². The Morgan fingerprint density at radius 3 is 2.38 bits per heavy atom. The van der Waals surface area contributed by atoms with Crippen LogP contribution < -0.4 is 4.72 Å². The maximum atomic E-state index is 12.4. The smallest absolute Gasteiger partial charge is 0.258 e. The molecular formula is C13H17N3O4S. The van der Waals surface area contributed by atoms with Crippen LogP contribution in [-0.2, 0) is 10.0 Å². The fourth-order valence-electron chi connectivity index (χ4n) is 2.30. The SMILES string of the molecule is CCC(C#N)NS(=O)(=O)c1c(C)cc(C)c([N+](=O)[O-])c1C. The third-order valence-corrected chi connectivity index (χ3v) is 4.93. The predicted octanol–water partition coefficient (Wildman–Crippen LogP) is 2.10. The Kier molecular flexibility index (Phi) is 5.04. The topological polar surface area (TPSA) is 113 Å². The lowest BCUT2D eigenvalue weighted by Crippen LogP contribution is -2.34. The van der Waals surface area contributed by atoms with Gasteiger partial charge in [0, 0.05) is 11.1 Å². The predicted molar refractivity (Wildman–Crippen MR) is 77.3 cm³/mol. The molecule has 0 saturated heterocycles. The molecule has 1 unspecified atom stereocenters. The average molecular weight is 311 g/mol. The first kappa shape index (κ1) is 17.1. The maximum Gasteiger partial charge on any atom is 0.276 e. The molecule has 8 heteroatoms. The summed E-state index contributed by atoms with van der Waals surface area (Å²) in [6, 6.07) is 2.44. The number of nitrogens with one attached hydrogen (secondary N) is 1. The van der Waals surface area contributed by atoms with Crippen LogP contribution in [-0.4, -0.2) is 19.4 Å². The Morgan fingerprint density at radius 2 is 1.95 bits per heavy atom. The molecule has 0 saturated carbocycles. The quantitative estimate of drug-likeness (QED) is 0.660. The summed E-state index contributed by atoms with van der Waals surface area (Å²) in [5.41, 5.74) is 0.681. The van der Waals surface area contributed by atoms with Gasteiger partial charge in [0.25, 0.3) is 5.69 Å². The molecule has 1 aromatic rings. The average Bonchev–Trinajstić information content (AvgIpc) is 2.34.